The lowest BCUT2D eigenvalue weighted by atomic mass is 10.3. The molecule has 0 atom stereocenters. The molecule has 1 heterocycles. The van der Waals surface area contributed by atoms with Gasteiger partial charge in [-0.15, -0.1) is 0 Å². The van der Waals surface area contributed by atoms with Crippen LogP contribution in [0.3, 0.4) is 0 Å². The van der Waals surface area contributed by atoms with Crippen molar-refractivity contribution in [1.29, 1.82) is 0 Å². The summed E-state index contributed by atoms with van der Waals surface area (Å²) in [6.45, 7) is 1.17. The van der Waals surface area contributed by atoms with Crippen LogP contribution in [0.5, 0.6) is 5.75 Å². The Bertz CT molecular complexity index is 585. The Morgan fingerprint density at radius 1 is 1.38 bits per heavy atom. The fourth-order valence-electron chi connectivity index (χ4n) is 1.79. The third-order valence-electron chi connectivity index (χ3n) is 2.84. The van der Waals surface area contributed by atoms with Crippen LogP contribution in [0.2, 0.25) is 5.02 Å². The zero-order valence-electron chi connectivity index (χ0n) is 11.7. The molecule has 0 saturated carbocycles. The number of hydrogen-bond donors (Lipinski definition) is 2. The summed E-state index contributed by atoms with van der Waals surface area (Å²) in [5.74, 6) is 1.34. The number of carbonyl (C=O) groups excluding carboxylic acids is 1. The molecule has 0 spiro atoms. The van der Waals surface area contributed by atoms with Crippen LogP contribution in [0.25, 0.3) is 0 Å². The van der Waals surface area contributed by atoms with Crippen molar-refractivity contribution in [2.75, 3.05) is 19.0 Å². The minimum atomic E-state index is -0.0804. The predicted molar refractivity (Wildman–Crippen MR) is 81.7 cm³/mol. The molecule has 2 aromatic rings. The van der Waals surface area contributed by atoms with Gasteiger partial charge >= 0.3 is 0 Å². The van der Waals surface area contributed by atoms with Gasteiger partial charge < -0.3 is 19.8 Å². The fraction of sp³-hybridized carbons (Fsp3) is 0.267. The highest BCUT2D eigenvalue weighted by Crippen LogP contribution is 2.27. The van der Waals surface area contributed by atoms with Crippen LogP contribution < -0.4 is 15.4 Å². The number of carbonyl (C=O) groups is 1. The third kappa shape index (κ3) is 4.81. The SMILES string of the molecule is COc1ccc(NC(=O)CCNCc2ccco2)cc1Cl. The maximum absolute atomic E-state index is 11.8. The van der Waals surface area contributed by atoms with E-state index in [1.54, 1.807) is 31.6 Å². The normalized spacial score (nSPS) is 10.4. The first-order valence-corrected chi connectivity index (χ1v) is 6.93. The van der Waals surface area contributed by atoms with Crippen LogP contribution in [0.1, 0.15) is 12.2 Å². The number of ether oxygens (including phenoxy) is 1. The summed E-state index contributed by atoms with van der Waals surface area (Å²) in [5.41, 5.74) is 0.650. The molecule has 2 rings (SSSR count). The Labute approximate surface area is 128 Å². The monoisotopic (exact) mass is 308 g/mol. The van der Waals surface area contributed by atoms with E-state index in [1.807, 2.05) is 12.1 Å². The second kappa shape index (κ2) is 7.71. The Morgan fingerprint density at radius 2 is 2.24 bits per heavy atom. The minimum absolute atomic E-state index is 0.0804. The predicted octanol–water partition coefficient (Wildman–Crippen LogP) is 3.06. The van der Waals surface area contributed by atoms with Gasteiger partial charge in [-0.25, -0.2) is 0 Å². The average Bonchev–Trinajstić information content (AvgIpc) is 2.97. The van der Waals surface area contributed by atoms with Gasteiger partial charge in [0.05, 0.1) is 24.9 Å². The topological polar surface area (TPSA) is 63.5 Å². The van der Waals surface area contributed by atoms with E-state index in [1.165, 1.54) is 0 Å². The van der Waals surface area contributed by atoms with Crippen LogP contribution >= 0.6 is 11.6 Å². The Balaban J connectivity index is 1.72. The van der Waals surface area contributed by atoms with E-state index in [2.05, 4.69) is 10.6 Å². The van der Waals surface area contributed by atoms with Crippen molar-refractivity contribution in [3.8, 4) is 5.75 Å². The van der Waals surface area contributed by atoms with E-state index < -0.39 is 0 Å². The lowest BCUT2D eigenvalue weighted by Gasteiger charge is -2.08. The number of hydrogen-bond acceptors (Lipinski definition) is 4. The Morgan fingerprint density at radius 3 is 2.90 bits per heavy atom. The molecule has 21 heavy (non-hydrogen) atoms. The first kappa shape index (κ1) is 15.4. The largest absolute Gasteiger partial charge is 0.495 e. The molecular weight excluding hydrogens is 292 g/mol. The van der Waals surface area contributed by atoms with Gasteiger partial charge in [-0.2, -0.15) is 0 Å². The van der Waals surface area contributed by atoms with Crippen LogP contribution in [0.15, 0.2) is 41.0 Å². The van der Waals surface area contributed by atoms with Crippen molar-refractivity contribution < 1.29 is 13.9 Å². The molecule has 0 fully saturated rings. The van der Waals surface area contributed by atoms with Crippen molar-refractivity contribution in [2.24, 2.45) is 0 Å². The first-order chi connectivity index (χ1) is 10.2. The summed E-state index contributed by atoms with van der Waals surface area (Å²) in [4.78, 5) is 11.8. The van der Waals surface area contributed by atoms with E-state index in [4.69, 9.17) is 20.8 Å². The Kier molecular flexibility index (Phi) is 5.66. The summed E-state index contributed by atoms with van der Waals surface area (Å²) >= 11 is 6.00. The van der Waals surface area contributed by atoms with E-state index >= 15 is 0 Å². The standard InChI is InChI=1S/C15H17ClN2O3/c1-20-14-5-4-11(9-13(14)16)18-15(19)6-7-17-10-12-3-2-8-21-12/h2-5,8-9,17H,6-7,10H2,1H3,(H,18,19). The van der Waals surface area contributed by atoms with Crippen LogP contribution in [0, 0.1) is 0 Å². The van der Waals surface area contributed by atoms with Crippen LogP contribution in [0.4, 0.5) is 5.69 Å². The van der Waals surface area contributed by atoms with Gasteiger partial charge in [0.25, 0.3) is 0 Å². The molecule has 1 aromatic carbocycles. The van der Waals surface area contributed by atoms with Crippen molar-refractivity contribution in [3.63, 3.8) is 0 Å². The number of amides is 1. The van der Waals surface area contributed by atoms with Crippen LogP contribution in [-0.2, 0) is 11.3 Å². The molecule has 5 nitrogen and oxygen atoms in total. The summed E-state index contributed by atoms with van der Waals surface area (Å²) < 4.78 is 10.2. The number of methoxy groups -OCH3 is 1. The summed E-state index contributed by atoms with van der Waals surface area (Å²) in [5, 5.41) is 6.38. The molecule has 0 saturated heterocycles. The Hall–Kier alpha value is -1.98. The van der Waals surface area contributed by atoms with E-state index in [9.17, 15) is 4.79 Å². The van der Waals surface area contributed by atoms with Crippen molar-refractivity contribution in [3.05, 3.63) is 47.4 Å². The van der Waals surface area contributed by atoms with Gasteiger partial charge in [-0.1, -0.05) is 11.6 Å². The highest BCUT2D eigenvalue weighted by atomic mass is 35.5. The summed E-state index contributed by atoms with van der Waals surface area (Å²) in [7, 11) is 1.55. The molecule has 6 heteroatoms. The maximum atomic E-state index is 11.8. The molecule has 112 valence electrons. The molecule has 0 aliphatic heterocycles. The van der Waals surface area contributed by atoms with Crippen molar-refractivity contribution >= 4 is 23.2 Å². The molecule has 0 bridgehead atoms. The van der Waals surface area contributed by atoms with Gasteiger partial charge in [0.15, 0.2) is 0 Å². The molecule has 1 aromatic heterocycles. The second-order valence-electron chi connectivity index (χ2n) is 4.40. The number of halogens is 1. The fourth-order valence-corrected chi connectivity index (χ4v) is 2.05. The molecule has 0 radical (unpaired) electrons. The maximum Gasteiger partial charge on any atom is 0.225 e. The first-order valence-electron chi connectivity index (χ1n) is 6.55. The van der Waals surface area contributed by atoms with E-state index in [-0.39, 0.29) is 5.91 Å². The molecule has 0 unspecified atom stereocenters. The zero-order valence-corrected chi connectivity index (χ0v) is 12.4. The van der Waals surface area contributed by atoms with Gasteiger partial charge in [-0.05, 0) is 30.3 Å². The quantitative estimate of drug-likeness (QED) is 0.772. The van der Waals surface area contributed by atoms with E-state index in [0.29, 0.717) is 36.0 Å². The lowest BCUT2D eigenvalue weighted by Crippen LogP contribution is -2.21. The van der Waals surface area contributed by atoms with Gasteiger partial charge in [0.1, 0.15) is 11.5 Å². The molecule has 2 N–H and O–H groups in total. The van der Waals surface area contributed by atoms with E-state index in [0.717, 1.165) is 5.76 Å². The second-order valence-corrected chi connectivity index (χ2v) is 4.81. The number of furan rings is 1. The molecule has 0 aliphatic rings. The summed E-state index contributed by atoms with van der Waals surface area (Å²) in [6, 6.07) is 8.84. The summed E-state index contributed by atoms with van der Waals surface area (Å²) in [6.07, 6.45) is 1.99. The zero-order chi connectivity index (χ0) is 15.1. The third-order valence-corrected chi connectivity index (χ3v) is 3.14. The van der Waals surface area contributed by atoms with Crippen molar-refractivity contribution in [2.45, 2.75) is 13.0 Å². The number of anilines is 1. The number of rotatable bonds is 7. The van der Waals surface area contributed by atoms with Crippen molar-refractivity contribution in [1.82, 2.24) is 5.32 Å². The molecule has 0 aliphatic carbocycles. The van der Waals surface area contributed by atoms with Gasteiger partial charge in [-0.3, -0.25) is 4.79 Å². The van der Waals surface area contributed by atoms with Gasteiger partial charge in [0, 0.05) is 18.7 Å². The lowest BCUT2D eigenvalue weighted by molar-refractivity contribution is -0.116. The highest BCUT2D eigenvalue weighted by molar-refractivity contribution is 6.32. The minimum Gasteiger partial charge on any atom is -0.495 e. The van der Waals surface area contributed by atoms with Gasteiger partial charge in [0.2, 0.25) is 5.91 Å². The molecular formula is C15H17ClN2O3. The number of benzene rings is 1. The number of nitrogens with one attached hydrogen (secondary N) is 2. The smallest absolute Gasteiger partial charge is 0.225 e. The highest BCUT2D eigenvalue weighted by Gasteiger charge is 2.05. The van der Waals surface area contributed by atoms with Crippen LogP contribution in [-0.4, -0.2) is 19.6 Å². The average molecular weight is 309 g/mol. The molecule has 1 amide bonds.